The molecule has 3 heteroatoms. The third-order valence-corrected chi connectivity index (χ3v) is 4.12. The summed E-state index contributed by atoms with van der Waals surface area (Å²) in [5.74, 6) is 1.50. The number of nitrogens with zero attached hydrogens (tertiary/aromatic N) is 1. The Morgan fingerprint density at radius 3 is 2.50 bits per heavy atom. The van der Waals surface area contributed by atoms with E-state index in [0.29, 0.717) is 6.04 Å². The second-order valence-corrected chi connectivity index (χ2v) is 5.12. The van der Waals surface area contributed by atoms with Gasteiger partial charge in [-0.3, -0.25) is 0 Å². The van der Waals surface area contributed by atoms with E-state index in [1.165, 1.54) is 10.2 Å². The number of fused-ring (bicyclic) bond motifs is 1. The molecule has 1 saturated carbocycles. The maximum Gasteiger partial charge on any atom is 0.0510 e. The first kappa shape index (κ1) is 8.74. The summed E-state index contributed by atoms with van der Waals surface area (Å²) >= 11 is 3.58. The maximum atomic E-state index is 5.91. The maximum absolute atomic E-state index is 5.91. The molecule has 0 radical (unpaired) electrons. The minimum Gasteiger partial charge on any atom is -0.370 e. The molecule has 2 N–H and O–H groups in total. The summed E-state index contributed by atoms with van der Waals surface area (Å²) in [6, 6.07) is 8.88. The Morgan fingerprint density at radius 1 is 1.21 bits per heavy atom. The molecule has 3 rings (SSSR count). The SMILES string of the molecule is NC1C2CN(c3ccccc3Br)CC12. The Balaban J connectivity index is 1.82. The molecule has 0 spiro atoms. The molecule has 1 heterocycles. The molecule has 0 bridgehead atoms. The van der Waals surface area contributed by atoms with Gasteiger partial charge in [-0.25, -0.2) is 0 Å². The van der Waals surface area contributed by atoms with Gasteiger partial charge in [0.2, 0.25) is 0 Å². The highest BCUT2D eigenvalue weighted by Gasteiger charge is 2.53. The fourth-order valence-electron chi connectivity index (χ4n) is 2.48. The Bertz CT molecular complexity index is 354. The van der Waals surface area contributed by atoms with Crippen LogP contribution in [0, 0.1) is 11.8 Å². The predicted molar refractivity (Wildman–Crippen MR) is 61.3 cm³/mol. The monoisotopic (exact) mass is 252 g/mol. The van der Waals surface area contributed by atoms with Crippen molar-refractivity contribution in [2.45, 2.75) is 6.04 Å². The van der Waals surface area contributed by atoms with Gasteiger partial charge in [-0.2, -0.15) is 0 Å². The summed E-state index contributed by atoms with van der Waals surface area (Å²) in [6.07, 6.45) is 0. The summed E-state index contributed by atoms with van der Waals surface area (Å²) in [4.78, 5) is 2.43. The molecular weight excluding hydrogens is 240 g/mol. The van der Waals surface area contributed by atoms with Crippen LogP contribution in [-0.4, -0.2) is 19.1 Å². The Kier molecular flexibility index (Phi) is 1.86. The van der Waals surface area contributed by atoms with E-state index in [4.69, 9.17) is 5.73 Å². The van der Waals surface area contributed by atoms with Crippen LogP contribution in [0.5, 0.6) is 0 Å². The van der Waals surface area contributed by atoms with Gasteiger partial charge in [0, 0.05) is 23.6 Å². The van der Waals surface area contributed by atoms with Crippen molar-refractivity contribution in [1.29, 1.82) is 0 Å². The Labute approximate surface area is 92.2 Å². The van der Waals surface area contributed by atoms with E-state index in [-0.39, 0.29) is 0 Å². The normalized spacial score (nSPS) is 34.4. The van der Waals surface area contributed by atoms with Crippen LogP contribution in [0.25, 0.3) is 0 Å². The highest BCUT2D eigenvalue weighted by molar-refractivity contribution is 9.10. The Morgan fingerprint density at radius 2 is 1.86 bits per heavy atom. The van der Waals surface area contributed by atoms with E-state index in [0.717, 1.165) is 24.9 Å². The minimum absolute atomic E-state index is 0.480. The lowest BCUT2D eigenvalue weighted by molar-refractivity contribution is 0.742. The van der Waals surface area contributed by atoms with Crippen molar-refractivity contribution < 1.29 is 0 Å². The highest BCUT2D eigenvalue weighted by Crippen LogP contribution is 2.46. The smallest absolute Gasteiger partial charge is 0.0510 e. The van der Waals surface area contributed by atoms with Gasteiger partial charge in [0.15, 0.2) is 0 Å². The number of anilines is 1. The molecule has 0 aromatic heterocycles. The van der Waals surface area contributed by atoms with Gasteiger partial charge in [-0.15, -0.1) is 0 Å². The van der Waals surface area contributed by atoms with E-state index < -0.39 is 0 Å². The quantitative estimate of drug-likeness (QED) is 0.827. The summed E-state index contributed by atoms with van der Waals surface area (Å²) in [5.41, 5.74) is 7.22. The molecule has 1 saturated heterocycles. The number of hydrogen-bond donors (Lipinski definition) is 1. The van der Waals surface area contributed by atoms with Crippen molar-refractivity contribution in [3.05, 3.63) is 28.7 Å². The number of rotatable bonds is 1. The number of piperidine rings is 1. The molecule has 2 unspecified atom stereocenters. The van der Waals surface area contributed by atoms with Crippen molar-refractivity contribution in [3.63, 3.8) is 0 Å². The standard InChI is InChI=1S/C11H13BrN2/c12-9-3-1-2-4-10(9)14-5-7-8(6-14)11(7)13/h1-4,7-8,11H,5-6,13H2. The number of benzene rings is 1. The Hall–Kier alpha value is -0.540. The largest absolute Gasteiger partial charge is 0.370 e. The molecule has 2 fully saturated rings. The molecule has 14 heavy (non-hydrogen) atoms. The number of nitrogens with two attached hydrogens (primary N) is 1. The molecule has 2 atom stereocenters. The van der Waals surface area contributed by atoms with Gasteiger partial charge in [0.25, 0.3) is 0 Å². The van der Waals surface area contributed by atoms with Crippen LogP contribution in [0.1, 0.15) is 0 Å². The van der Waals surface area contributed by atoms with Gasteiger partial charge in [-0.1, -0.05) is 12.1 Å². The van der Waals surface area contributed by atoms with Crippen LogP contribution in [0.2, 0.25) is 0 Å². The molecule has 1 aliphatic heterocycles. The number of para-hydroxylation sites is 1. The lowest BCUT2D eigenvalue weighted by atomic mass is 10.3. The van der Waals surface area contributed by atoms with Gasteiger partial charge in [0.1, 0.15) is 0 Å². The fraction of sp³-hybridized carbons (Fsp3) is 0.455. The van der Waals surface area contributed by atoms with Crippen molar-refractivity contribution >= 4 is 21.6 Å². The third-order valence-electron chi connectivity index (χ3n) is 3.45. The van der Waals surface area contributed by atoms with E-state index in [9.17, 15) is 0 Å². The molecule has 1 aliphatic carbocycles. The van der Waals surface area contributed by atoms with Gasteiger partial charge in [0.05, 0.1) is 5.69 Å². The van der Waals surface area contributed by atoms with E-state index in [2.05, 4.69) is 45.1 Å². The van der Waals surface area contributed by atoms with Crippen molar-refractivity contribution in [3.8, 4) is 0 Å². The van der Waals surface area contributed by atoms with Crippen LogP contribution < -0.4 is 10.6 Å². The molecule has 1 aromatic carbocycles. The van der Waals surface area contributed by atoms with Crippen molar-refractivity contribution in [2.24, 2.45) is 17.6 Å². The van der Waals surface area contributed by atoms with E-state index in [1.54, 1.807) is 0 Å². The molecular formula is C11H13BrN2. The van der Waals surface area contributed by atoms with Gasteiger partial charge in [-0.05, 0) is 39.9 Å². The zero-order valence-corrected chi connectivity index (χ0v) is 9.44. The van der Waals surface area contributed by atoms with Gasteiger partial charge < -0.3 is 10.6 Å². The highest BCUT2D eigenvalue weighted by atomic mass is 79.9. The van der Waals surface area contributed by atoms with Gasteiger partial charge >= 0.3 is 0 Å². The number of halogens is 1. The lowest BCUT2D eigenvalue weighted by Gasteiger charge is -2.22. The van der Waals surface area contributed by atoms with E-state index in [1.807, 2.05) is 0 Å². The van der Waals surface area contributed by atoms with Crippen LogP contribution >= 0.6 is 15.9 Å². The van der Waals surface area contributed by atoms with Crippen LogP contribution in [-0.2, 0) is 0 Å². The zero-order valence-electron chi connectivity index (χ0n) is 7.86. The first-order valence-electron chi connectivity index (χ1n) is 5.02. The minimum atomic E-state index is 0.480. The first-order valence-corrected chi connectivity index (χ1v) is 5.82. The summed E-state index contributed by atoms with van der Waals surface area (Å²) in [6.45, 7) is 2.27. The summed E-state index contributed by atoms with van der Waals surface area (Å²) in [5, 5.41) is 0. The molecule has 1 aromatic rings. The average Bonchev–Trinajstić information content (AvgIpc) is 2.66. The predicted octanol–water partition coefficient (Wildman–Crippen LogP) is 1.84. The molecule has 74 valence electrons. The topological polar surface area (TPSA) is 29.3 Å². The average molecular weight is 253 g/mol. The fourth-order valence-corrected chi connectivity index (χ4v) is 3.01. The summed E-state index contributed by atoms with van der Waals surface area (Å²) < 4.78 is 1.19. The summed E-state index contributed by atoms with van der Waals surface area (Å²) in [7, 11) is 0. The van der Waals surface area contributed by atoms with Crippen LogP contribution in [0.3, 0.4) is 0 Å². The van der Waals surface area contributed by atoms with Crippen molar-refractivity contribution in [1.82, 2.24) is 0 Å². The zero-order chi connectivity index (χ0) is 9.71. The van der Waals surface area contributed by atoms with E-state index >= 15 is 0 Å². The lowest BCUT2D eigenvalue weighted by Crippen LogP contribution is -2.28. The number of hydrogen-bond acceptors (Lipinski definition) is 2. The van der Waals surface area contributed by atoms with Crippen LogP contribution in [0.15, 0.2) is 28.7 Å². The first-order chi connectivity index (χ1) is 6.77. The molecule has 0 amide bonds. The molecule has 2 nitrogen and oxygen atoms in total. The second-order valence-electron chi connectivity index (χ2n) is 4.26. The third kappa shape index (κ3) is 1.19. The van der Waals surface area contributed by atoms with Crippen molar-refractivity contribution in [2.75, 3.05) is 18.0 Å². The van der Waals surface area contributed by atoms with Crippen LogP contribution in [0.4, 0.5) is 5.69 Å². The second kappa shape index (κ2) is 2.97. The molecule has 2 aliphatic rings.